The number of phenolic OH excluding ortho intramolecular Hbond substituents is 1. The van der Waals surface area contributed by atoms with Gasteiger partial charge in [0.1, 0.15) is 5.75 Å². The zero-order chi connectivity index (χ0) is 14.7. The Balaban J connectivity index is 1.65. The van der Waals surface area contributed by atoms with Crippen molar-refractivity contribution in [3.05, 3.63) is 29.0 Å². The predicted molar refractivity (Wildman–Crippen MR) is 84.6 cm³/mol. The second-order valence-electron chi connectivity index (χ2n) is 5.25. The van der Waals surface area contributed by atoms with Gasteiger partial charge in [-0.2, -0.15) is 16.7 Å². The van der Waals surface area contributed by atoms with Gasteiger partial charge < -0.3 is 9.63 Å². The van der Waals surface area contributed by atoms with Crippen LogP contribution in [-0.4, -0.2) is 20.5 Å². The van der Waals surface area contributed by atoms with Crippen LogP contribution in [0.4, 0.5) is 0 Å². The second-order valence-corrected chi connectivity index (χ2v) is 6.97. The first kappa shape index (κ1) is 14.7. The lowest BCUT2D eigenvalue weighted by atomic mass is 10.0. The number of hydrogen-bond donors (Lipinski definition) is 1. The van der Waals surface area contributed by atoms with Crippen LogP contribution in [0.15, 0.2) is 22.7 Å². The second kappa shape index (κ2) is 6.71. The van der Waals surface area contributed by atoms with Gasteiger partial charge in [0.05, 0.1) is 11.3 Å². The Morgan fingerprint density at radius 2 is 2.10 bits per heavy atom. The summed E-state index contributed by atoms with van der Waals surface area (Å²) in [6.07, 6.45) is 6.58. The van der Waals surface area contributed by atoms with Crippen LogP contribution in [0, 0.1) is 0 Å². The van der Waals surface area contributed by atoms with Crippen molar-refractivity contribution in [2.24, 2.45) is 0 Å². The SMILES string of the molecule is Oc1cc(Cl)ccc1-c1nc(CSC2CCCCC2)no1. The van der Waals surface area contributed by atoms with Gasteiger partial charge in [0.25, 0.3) is 5.89 Å². The zero-order valence-electron chi connectivity index (χ0n) is 11.6. The van der Waals surface area contributed by atoms with Crippen LogP contribution in [0.1, 0.15) is 37.9 Å². The van der Waals surface area contributed by atoms with E-state index in [0.717, 1.165) is 5.75 Å². The van der Waals surface area contributed by atoms with Crippen LogP contribution in [-0.2, 0) is 5.75 Å². The number of hydrogen-bond acceptors (Lipinski definition) is 5. The summed E-state index contributed by atoms with van der Waals surface area (Å²) in [5.41, 5.74) is 0.515. The molecule has 1 aliphatic rings. The summed E-state index contributed by atoms with van der Waals surface area (Å²) in [5, 5.41) is 15.0. The van der Waals surface area contributed by atoms with Gasteiger partial charge in [0.2, 0.25) is 0 Å². The molecule has 1 saturated carbocycles. The maximum Gasteiger partial charge on any atom is 0.261 e. The van der Waals surface area contributed by atoms with E-state index in [4.69, 9.17) is 16.1 Å². The highest BCUT2D eigenvalue weighted by Crippen LogP contribution is 2.32. The summed E-state index contributed by atoms with van der Waals surface area (Å²) in [6.45, 7) is 0. The van der Waals surface area contributed by atoms with Crippen molar-refractivity contribution >= 4 is 23.4 Å². The first-order valence-corrected chi connectivity index (χ1v) is 8.58. The minimum absolute atomic E-state index is 0.0534. The third-order valence-electron chi connectivity index (χ3n) is 3.66. The lowest BCUT2D eigenvalue weighted by molar-refractivity contribution is 0.419. The van der Waals surface area contributed by atoms with Crippen LogP contribution < -0.4 is 0 Å². The molecule has 0 aliphatic heterocycles. The van der Waals surface area contributed by atoms with Gasteiger partial charge in [-0.3, -0.25) is 0 Å². The lowest BCUT2D eigenvalue weighted by Gasteiger charge is -2.19. The van der Waals surface area contributed by atoms with Crippen LogP contribution in [0.3, 0.4) is 0 Å². The predicted octanol–water partition coefficient (Wildman–Crippen LogP) is 4.66. The average molecular weight is 325 g/mol. The number of rotatable bonds is 4. The van der Waals surface area contributed by atoms with Gasteiger partial charge in [0, 0.05) is 10.3 Å². The van der Waals surface area contributed by atoms with Crippen molar-refractivity contribution in [1.29, 1.82) is 0 Å². The molecule has 2 aromatic rings. The zero-order valence-corrected chi connectivity index (χ0v) is 13.2. The molecule has 112 valence electrons. The number of halogens is 1. The molecule has 0 saturated heterocycles. The first-order valence-electron chi connectivity index (χ1n) is 7.15. The van der Waals surface area contributed by atoms with Crippen molar-refractivity contribution in [3.8, 4) is 17.2 Å². The fourth-order valence-electron chi connectivity index (χ4n) is 2.53. The third kappa shape index (κ3) is 3.71. The average Bonchev–Trinajstić information content (AvgIpc) is 2.95. The molecule has 0 bridgehead atoms. The standard InChI is InChI=1S/C15H17ClN2O2S/c16-10-6-7-12(13(19)8-10)15-17-14(18-20-15)9-21-11-4-2-1-3-5-11/h6-8,11,19H,1-5,9H2. The van der Waals surface area contributed by atoms with Gasteiger partial charge in [-0.1, -0.05) is 36.0 Å². The summed E-state index contributed by atoms with van der Waals surface area (Å²) in [7, 11) is 0. The van der Waals surface area contributed by atoms with Gasteiger partial charge >= 0.3 is 0 Å². The molecule has 1 aromatic heterocycles. The van der Waals surface area contributed by atoms with E-state index in [9.17, 15) is 5.11 Å². The maximum atomic E-state index is 9.87. The Morgan fingerprint density at radius 3 is 2.86 bits per heavy atom. The molecular weight excluding hydrogens is 308 g/mol. The van der Waals surface area contributed by atoms with E-state index in [0.29, 0.717) is 27.6 Å². The fraction of sp³-hybridized carbons (Fsp3) is 0.467. The number of phenols is 1. The molecule has 4 nitrogen and oxygen atoms in total. The highest BCUT2D eigenvalue weighted by molar-refractivity contribution is 7.99. The van der Waals surface area contributed by atoms with E-state index >= 15 is 0 Å². The van der Waals surface area contributed by atoms with Crippen molar-refractivity contribution in [2.45, 2.75) is 43.1 Å². The van der Waals surface area contributed by atoms with Crippen molar-refractivity contribution < 1.29 is 9.63 Å². The number of nitrogens with zero attached hydrogens (tertiary/aromatic N) is 2. The largest absolute Gasteiger partial charge is 0.507 e. The highest BCUT2D eigenvalue weighted by atomic mass is 35.5. The normalized spacial score (nSPS) is 16.2. The molecule has 0 unspecified atom stereocenters. The quantitative estimate of drug-likeness (QED) is 0.886. The van der Waals surface area contributed by atoms with E-state index in [2.05, 4.69) is 10.1 Å². The molecule has 0 atom stereocenters. The monoisotopic (exact) mass is 324 g/mol. The van der Waals surface area contributed by atoms with E-state index in [1.165, 1.54) is 38.2 Å². The highest BCUT2D eigenvalue weighted by Gasteiger charge is 2.17. The molecule has 1 fully saturated rings. The molecule has 21 heavy (non-hydrogen) atoms. The first-order chi connectivity index (χ1) is 10.2. The van der Waals surface area contributed by atoms with E-state index in [1.807, 2.05) is 11.8 Å². The molecule has 1 heterocycles. The maximum absolute atomic E-state index is 9.87. The van der Waals surface area contributed by atoms with E-state index in [1.54, 1.807) is 12.1 Å². The molecule has 1 aliphatic carbocycles. The van der Waals surface area contributed by atoms with Crippen LogP contribution in [0.2, 0.25) is 5.02 Å². The Kier molecular flexibility index (Phi) is 4.70. The molecule has 0 radical (unpaired) electrons. The van der Waals surface area contributed by atoms with Gasteiger partial charge in [0.15, 0.2) is 5.82 Å². The third-order valence-corrected chi connectivity index (χ3v) is 5.26. The molecule has 1 aromatic carbocycles. The van der Waals surface area contributed by atoms with Crippen molar-refractivity contribution in [1.82, 2.24) is 10.1 Å². The van der Waals surface area contributed by atoms with E-state index < -0.39 is 0 Å². The number of thioether (sulfide) groups is 1. The van der Waals surface area contributed by atoms with Crippen LogP contribution >= 0.6 is 23.4 Å². The van der Waals surface area contributed by atoms with Gasteiger partial charge in [-0.15, -0.1) is 0 Å². The Morgan fingerprint density at radius 1 is 1.29 bits per heavy atom. The van der Waals surface area contributed by atoms with Gasteiger partial charge in [-0.25, -0.2) is 0 Å². The Bertz CT molecular complexity index is 611. The molecule has 1 N–H and O–H groups in total. The summed E-state index contributed by atoms with van der Waals surface area (Å²) in [4.78, 5) is 4.35. The van der Waals surface area contributed by atoms with Crippen molar-refractivity contribution in [3.63, 3.8) is 0 Å². The smallest absolute Gasteiger partial charge is 0.261 e. The molecule has 0 spiro atoms. The number of benzene rings is 1. The molecule has 0 amide bonds. The topological polar surface area (TPSA) is 59.2 Å². The van der Waals surface area contributed by atoms with Crippen molar-refractivity contribution in [2.75, 3.05) is 0 Å². The minimum Gasteiger partial charge on any atom is -0.507 e. The molecular formula is C15H17ClN2O2S. The molecule has 3 rings (SSSR count). The number of aromatic nitrogens is 2. The Hall–Kier alpha value is -1.20. The van der Waals surface area contributed by atoms with Crippen LogP contribution in [0.5, 0.6) is 5.75 Å². The summed E-state index contributed by atoms with van der Waals surface area (Å²) >= 11 is 7.71. The summed E-state index contributed by atoms with van der Waals surface area (Å²) in [5.74, 6) is 1.82. The fourth-order valence-corrected chi connectivity index (χ4v) is 3.87. The van der Waals surface area contributed by atoms with Crippen LogP contribution in [0.25, 0.3) is 11.5 Å². The summed E-state index contributed by atoms with van der Waals surface area (Å²) < 4.78 is 5.23. The minimum atomic E-state index is 0.0534. The molecule has 6 heteroatoms. The lowest BCUT2D eigenvalue weighted by Crippen LogP contribution is -2.08. The van der Waals surface area contributed by atoms with Gasteiger partial charge in [-0.05, 0) is 31.0 Å². The number of aromatic hydroxyl groups is 1. The summed E-state index contributed by atoms with van der Waals surface area (Å²) in [6, 6.07) is 4.85. The van der Waals surface area contributed by atoms with E-state index in [-0.39, 0.29) is 5.75 Å². The Labute approximate surface area is 132 Å².